The maximum absolute atomic E-state index is 12.5. The van der Waals surface area contributed by atoms with E-state index in [-0.39, 0.29) is 33.6 Å². The Balaban J connectivity index is 1.66. The Labute approximate surface area is 170 Å². The maximum atomic E-state index is 12.5. The number of H-pyrrole nitrogens is 1. The van der Waals surface area contributed by atoms with Crippen molar-refractivity contribution in [2.24, 2.45) is 0 Å². The van der Waals surface area contributed by atoms with Gasteiger partial charge in [0, 0.05) is 24.3 Å². The summed E-state index contributed by atoms with van der Waals surface area (Å²) in [6.45, 7) is 6.18. The Morgan fingerprint density at radius 1 is 1.33 bits per heavy atom. The number of piperidine rings is 1. The van der Waals surface area contributed by atoms with Crippen molar-refractivity contribution in [3.63, 3.8) is 0 Å². The lowest BCUT2D eigenvalue weighted by atomic mass is 9.98. The number of aromatic nitrogens is 2. The van der Waals surface area contributed by atoms with Crippen molar-refractivity contribution in [1.82, 2.24) is 15.3 Å². The number of hydrogen-bond acceptors (Lipinski definition) is 5. The number of nitrogens with zero attached hydrogens (tertiary/aromatic N) is 2. The molecule has 3 heterocycles. The van der Waals surface area contributed by atoms with Gasteiger partial charge < -0.3 is 20.3 Å². The van der Waals surface area contributed by atoms with E-state index < -0.39 is 5.97 Å². The van der Waals surface area contributed by atoms with Crippen molar-refractivity contribution in [2.75, 3.05) is 11.4 Å². The van der Waals surface area contributed by atoms with Gasteiger partial charge in [0.15, 0.2) is 5.13 Å². The number of carboxylic acid groups (broad SMARTS) is 1. The van der Waals surface area contributed by atoms with Crippen LogP contribution in [0.3, 0.4) is 0 Å². The molecule has 2 aromatic rings. The van der Waals surface area contributed by atoms with Crippen LogP contribution in [0.15, 0.2) is 0 Å². The minimum atomic E-state index is -0.956. The minimum Gasteiger partial charge on any atom is -0.477 e. The number of nitrogens with one attached hydrogen (secondary N) is 2. The molecular formula is C17H20Cl2N4O3S. The summed E-state index contributed by atoms with van der Waals surface area (Å²) >= 11 is 13.3. The Kier molecular flexibility index (Phi) is 5.69. The van der Waals surface area contributed by atoms with Crippen molar-refractivity contribution in [3.05, 3.63) is 32.0 Å². The lowest BCUT2D eigenvalue weighted by Gasteiger charge is -2.37. The molecule has 0 radical (unpaired) electrons. The lowest BCUT2D eigenvalue weighted by Crippen LogP contribution is -2.49. The number of thiazole rings is 1. The Hall–Kier alpha value is -1.77. The number of amides is 1. The van der Waals surface area contributed by atoms with Gasteiger partial charge in [0.1, 0.15) is 10.6 Å². The molecule has 1 aliphatic heterocycles. The van der Waals surface area contributed by atoms with Crippen LogP contribution >= 0.6 is 34.5 Å². The second kappa shape index (κ2) is 7.69. The molecule has 2 atom stereocenters. The molecule has 2 unspecified atom stereocenters. The first-order chi connectivity index (χ1) is 12.7. The molecule has 7 nitrogen and oxygen atoms in total. The zero-order valence-corrected chi connectivity index (χ0v) is 17.4. The van der Waals surface area contributed by atoms with E-state index in [9.17, 15) is 14.7 Å². The molecule has 146 valence electrons. The fraction of sp³-hybridized carbons (Fsp3) is 0.471. The first-order valence-electron chi connectivity index (χ1n) is 8.50. The summed E-state index contributed by atoms with van der Waals surface area (Å²) in [6.07, 6.45) is 1.44. The molecule has 1 saturated heterocycles. The highest BCUT2D eigenvalue weighted by molar-refractivity contribution is 7.17. The van der Waals surface area contributed by atoms with Crippen LogP contribution in [0.1, 0.15) is 51.3 Å². The van der Waals surface area contributed by atoms with Gasteiger partial charge in [0.05, 0.1) is 15.7 Å². The van der Waals surface area contributed by atoms with Gasteiger partial charge >= 0.3 is 5.97 Å². The largest absolute Gasteiger partial charge is 0.477 e. The minimum absolute atomic E-state index is 0.0119. The van der Waals surface area contributed by atoms with E-state index in [0.717, 1.165) is 12.8 Å². The zero-order valence-electron chi connectivity index (χ0n) is 15.1. The third kappa shape index (κ3) is 3.93. The molecule has 27 heavy (non-hydrogen) atoms. The smallest absolute Gasteiger partial charge is 0.347 e. The number of halogens is 2. The van der Waals surface area contributed by atoms with Gasteiger partial charge in [0.25, 0.3) is 5.91 Å². The Bertz CT molecular complexity index is 895. The van der Waals surface area contributed by atoms with Crippen LogP contribution in [0.2, 0.25) is 10.0 Å². The summed E-state index contributed by atoms with van der Waals surface area (Å²) in [7, 11) is 0. The Morgan fingerprint density at radius 3 is 2.56 bits per heavy atom. The predicted octanol–water partition coefficient (Wildman–Crippen LogP) is 3.88. The number of aromatic amines is 1. The van der Waals surface area contributed by atoms with Gasteiger partial charge in [-0.25, -0.2) is 9.78 Å². The van der Waals surface area contributed by atoms with E-state index in [2.05, 4.69) is 20.2 Å². The van der Waals surface area contributed by atoms with Crippen LogP contribution in [-0.2, 0) is 0 Å². The van der Waals surface area contributed by atoms with E-state index >= 15 is 0 Å². The highest BCUT2D eigenvalue weighted by atomic mass is 35.5. The molecule has 2 aromatic heterocycles. The van der Waals surface area contributed by atoms with Crippen LogP contribution in [0.4, 0.5) is 5.13 Å². The van der Waals surface area contributed by atoms with E-state index in [0.29, 0.717) is 28.1 Å². The molecular weight excluding hydrogens is 411 g/mol. The lowest BCUT2D eigenvalue weighted by molar-refractivity contribution is 0.0700. The number of anilines is 1. The first-order valence-corrected chi connectivity index (χ1v) is 10.1. The third-order valence-corrected chi connectivity index (χ3v) is 6.85. The fourth-order valence-electron chi connectivity index (χ4n) is 3.28. The van der Waals surface area contributed by atoms with Gasteiger partial charge in [-0.05, 0) is 33.6 Å². The third-order valence-electron chi connectivity index (χ3n) is 4.72. The summed E-state index contributed by atoms with van der Waals surface area (Å²) in [5, 5.41) is 13.5. The Morgan fingerprint density at radius 2 is 2.04 bits per heavy atom. The van der Waals surface area contributed by atoms with Gasteiger partial charge in [-0.15, -0.1) is 0 Å². The molecule has 3 N–H and O–H groups in total. The van der Waals surface area contributed by atoms with Crippen LogP contribution in [0.25, 0.3) is 0 Å². The molecule has 0 spiro atoms. The van der Waals surface area contributed by atoms with E-state index in [1.54, 1.807) is 13.8 Å². The number of carbonyl (C=O) groups excluding carboxylic acids is 1. The standard InChI is InChI=1S/C17H20Cl2N4O3S/c1-7-6-10(22-15(24)13-12(19)11(18)8(2)20-13)4-5-23(7)17-21-9(3)14(27-17)16(25)26/h7,10,20H,4-6H2,1-3H3,(H,22,24)(H,25,26). The molecule has 1 amide bonds. The van der Waals surface area contributed by atoms with Crippen molar-refractivity contribution >= 4 is 51.5 Å². The summed E-state index contributed by atoms with van der Waals surface area (Å²) in [4.78, 5) is 33.4. The van der Waals surface area contributed by atoms with Crippen molar-refractivity contribution in [2.45, 2.75) is 45.7 Å². The molecule has 1 aliphatic rings. The van der Waals surface area contributed by atoms with Gasteiger partial charge in [0.2, 0.25) is 0 Å². The van der Waals surface area contributed by atoms with Crippen LogP contribution in [0, 0.1) is 13.8 Å². The highest BCUT2D eigenvalue weighted by Crippen LogP contribution is 2.32. The molecule has 1 fully saturated rings. The average molecular weight is 431 g/mol. The average Bonchev–Trinajstić information content (AvgIpc) is 3.10. The second-order valence-corrected chi connectivity index (χ2v) is 8.44. The van der Waals surface area contributed by atoms with Crippen LogP contribution < -0.4 is 10.2 Å². The predicted molar refractivity (Wildman–Crippen MR) is 107 cm³/mol. The topological polar surface area (TPSA) is 98.3 Å². The molecule has 0 bridgehead atoms. The SMILES string of the molecule is Cc1nc(N2CCC(NC(=O)c3[nH]c(C)c(Cl)c3Cl)CC2C)sc1C(=O)O. The van der Waals surface area contributed by atoms with E-state index in [4.69, 9.17) is 23.2 Å². The second-order valence-electron chi connectivity index (χ2n) is 6.71. The molecule has 0 aromatic carbocycles. The number of aryl methyl sites for hydroxylation is 2. The van der Waals surface area contributed by atoms with Gasteiger partial charge in [-0.1, -0.05) is 34.5 Å². The summed E-state index contributed by atoms with van der Waals surface area (Å²) in [5.41, 5.74) is 1.46. The quantitative estimate of drug-likeness (QED) is 0.683. The van der Waals surface area contributed by atoms with Crippen molar-refractivity contribution < 1.29 is 14.7 Å². The fourth-order valence-corrected chi connectivity index (χ4v) is 4.73. The van der Waals surface area contributed by atoms with Gasteiger partial charge in [-0.2, -0.15) is 0 Å². The number of carboxylic acids is 1. The van der Waals surface area contributed by atoms with Crippen LogP contribution in [-0.4, -0.2) is 45.6 Å². The normalized spacial score (nSPS) is 20.0. The molecule has 3 rings (SSSR count). The summed E-state index contributed by atoms with van der Waals surface area (Å²) in [5.74, 6) is -1.23. The number of hydrogen-bond donors (Lipinski definition) is 3. The number of aromatic carboxylic acids is 1. The molecule has 0 saturated carbocycles. The number of carbonyl (C=O) groups is 2. The highest BCUT2D eigenvalue weighted by Gasteiger charge is 2.30. The maximum Gasteiger partial charge on any atom is 0.347 e. The number of rotatable bonds is 4. The molecule has 0 aliphatic carbocycles. The van der Waals surface area contributed by atoms with Crippen molar-refractivity contribution in [3.8, 4) is 0 Å². The van der Waals surface area contributed by atoms with Crippen molar-refractivity contribution in [1.29, 1.82) is 0 Å². The summed E-state index contributed by atoms with van der Waals surface area (Å²) < 4.78 is 0. The monoisotopic (exact) mass is 430 g/mol. The van der Waals surface area contributed by atoms with Gasteiger partial charge in [-0.3, -0.25) is 4.79 Å². The molecule has 10 heteroatoms. The van der Waals surface area contributed by atoms with E-state index in [1.807, 2.05) is 6.92 Å². The van der Waals surface area contributed by atoms with E-state index in [1.165, 1.54) is 11.3 Å². The summed E-state index contributed by atoms with van der Waals surface area (Å²) in [6, 6.07) is 0.0999. The first kappa shape index (κ1) is 20.0. The zero-order chi connectivity index (χ0) is 19.9. The van der Waals surface area contributed by atoms with Crippen LogP contribution in [0.5, 0.6) is 0 Å².